The number of rotatable bonds is 10. The zero-order valence-electron chi connectivity index (χ0n) is 29.9. The van der Waals surface area contributed by atoms with Gasteiger partial charge in [0.25, 0.3) is 0 Å². The van der Waals surface area contributed by atoms with Crippen LogP contribution in [0.25, 0.3) is 28.4 Å². The number of carbonyl (C=O) groups is 1. The first-order chi connectivity index (χ1) is 26.5. The second kappa shape index (κ2) is 14.2. The van der Waals surface area contributed by atoms with Gasteiger partial charge in [0, 0.05) is 30.7 Å². The number of benzene rings is 3. The number of nitrogens with zero attached hydrogens (tertiary/aromatic N) is 6. The molecule has 2 bridgehead atoms. The van der Waals surface area contributed by atoms with Crippen molar-refractivity contribution >= 4 is 34.6 Å². The molecule has 4 aromatic heterocycles. The summed E-state index contributed by atoms with van der Waals surface area (Å²) in [5, 5.41) is 4.02. The minimum atomic E-state index is -0.865. The van der Waals surface area contributed by atoms with Crippen LogP contribution >= 0.6 is 11.6 Å². The van der Waals surface area contributed by atoms with Crippen LogP contribution in [0.4, 0.5) is 5.82 Å². The van der Waals surface area contributed by atoms with Crippen LogP contribution in [0, 0.1) is 17.8 Å². The average Bonchev–Trinajstić information content (AvgIpc) is 3.90. The number of halogens is 1. The van der Waals surface area contributed by atoms with Gasteiger partial charge < -0.3 is 19.2 Å². The summed E-state index contributed by atoms with van der Waals surface area (Å²) in [7, 11) is 0. The van der Waals surface area contributed by atoms with Crippen molar-refractivity contribution in [3.8, 4) is 17.2 Å². The lowest BCUT2D eigenvalue weighted by molar-refractivity contribution is -0.154. The summed E-state index contributed by atoms with van der Waals surface area (Å²) in [6.45, 7) is 2.23. The Morgan fingerprint density at radius 2 is 1.41 bits per heavy atom. The number of carbonyl (C=O) groups excluding carboxylic acids is 1. The molecule has 3 aromatic carbocycles. The van der Waals surface area contributed by atoms with Gasteiger partial charge in [-0.05, 0) is 73.3 Å². The molecule has 2 atom stereocenters. The first kappa shape index (κ1) is 34.0. The molecule has 10 rings (SSSR count). The van der Waals surface area contributed by atoms with Gasteiger partial charge in [0.05, 0.1) is 24.3 Å². The molecule has 0 spiro atoms. The fourth-order valence-corrected chi connectivity index (χ4v) is 9.13. The average molecular weight is 734 g/mol. The van der Waals surface area contributed by atoms with Crippen molar-refractivity contribution < 1.29 is 9.53 Å². The number of esters is 1. The van der Waals surface area contributed by atoms with Crippen LogP contribution in [0.3, 0.4) is 0 Å². The molecule has 0 radical (unpaired) electrons. The minimum Gasteiger partial charge on any atom is -0.466 e. The third-order valence-corrected chi connectivity index (χ3v) is 11.5. The zero-order valence-corrected chi connectivity index (χ0v) is 30.7. The van der Waals surface area contributed by atoms with Crippen LogP contribution in [-0.2, 0) is 15.1 Å². The summed E-state index contributed by atoms with van der Waals surface area (Å²) in [5.41, 5.74) is 4.15. The normalized spacial score (nSPS) is 19.5. The molecule has 0 aliphatic heterocycles. The summed E-state index contributed by atoms with van der Waals surface area (Å²) >= 11 is 6.65. The minimum absolute atomic E-state index is 0.103. The molecule has 270 valence electrons. The largest absolute Gasteiger partial charge is 0.466 e. The topological polar surface area (TPSA) is 99.8 Å². The fourth-order valence-electron chi connectivity index (χ4n) is 9.00. The van der Waals surface area contributed by atoms with Crippen LogP contribution in [0.2, 0.25) is 5.15 Å². The molecule has 0 unspecified atom stereocenters. The van der Waals surface area contributed by atoms with E-state index >= 15 is 0 Å². The summed E-state index contributed by atoms with van der Waals surface area (Å²) in [5.74, 6) is 2.03. The van der Waals surface area contributed by atoms with Gasteiger partial charge >= 0.3 is 5.97 Å². The van der Waals surface area contributed by atoms with Crippen LogP contribution in [0.1, 0.15) is 49.3 Å². The highest BCUT2D eigenvalue weighted by Gasteiger charge is 2.48. The van der Waals surface area contributed by atoms with E-state index in [1.807, 2.05) is 60.3 Å². The standard InChI is InChI=1S/C44H40ClN7O2/c1-2-54-43(53)38-29-20-22-30(23-21-29)39(38)48-36-26-37(51-24-12-13-25-51)50-41(49-36)34-28-52(42-40(34)47-35(45)27-46-42)44(31-14-6-3-7-15-31,32-16-8-4-9-17-32)33-18-10-5-11-19-33/h3-19,24-30,38-39H,2,20-23H2,1H3,(H,48,49,50)/t29?,30?,38-,39-/m1/s1. The van der Waals surface area contributed by atoms with Crippen LogP contribution in [0.5, 0.6) is 0 Å². The van der Waals surface area contributed by atoms with Gasteiger partial charge in [0.15, 0.2) is 11.5 Å². The molecule has 9 nitrogen and oxygen atoms in total. The maximum atomic E-state index is 13.4. The SMILES string of the molecule is CCOC(=O)[C@@H]1C2CCC(CC2)[C@H]1Nc1cc(-n2cccc2)nc(-c2cn(C(c3ccccc3)(c3ccccc3)c3ccccc3)c3ncc(Cl)nc23)n1. The van der Waals surface area contributed by atoms with E-state index in [4.69, 9.17) is 36.3 Å². The quantitative estimate of drug-likeness (QED) is 0.111. The molecule has 10 heteroatoms. The Labute approximate surface area is 319 Å². The highest BCUT2D eigenvalue weighted by atomic mass is 35.5. The van der Waals surface area contributed by atoms with Crippen LogP contribution < -0.4 is 5.32 Å². The van der Waals surface area contributed by atoms with Gasteiger partial charge in [-0.3, -0.25) is 4.79 Å². The Morgan fingerprint density at radius 3 is 2.00 bits per heavy atom. The Balaban J connectivity index is 1.28. The molecule has 3 aliphatic carbocycles. The fraction of sp³-hybridized carbons (Fsp3) is 0.250. The Hall–Kier alpha value is -5.80. The van der Waals surface area contributed by atoms with Gasteiger partial charge in [-0.2, -0.15) is 0 Å². The van der Waals surface area contributed by atoms with Gasteiger partial charge in [0.1, 0.15) is 27.8 Å². The summed E-state index contributed by atoms with van der Waals surface area (Å²) in [6, 6.07) is 37.2. The second-order valence-electron chi connectivity index (χ2n) is 14.2. The van der Waals surface area contributed by atoms with Crippen molar-refractivity contribution in [2.75, 3.05) is 11.9 Å². The summed E-state index contributed by atoms with van der Waals surface area (Å²) in [4.78, 5) is 33.7. The van der Waals surface area contributed by atoms with E-state index in [1.54, 1.807) is 6.20 Å². The highest BCUT2D eigenvalue weighted by Crippen LogP contribution is 2.48. The van der Waals surface area contributed by atoms with E-state index < -0.39 is 5.54 Å². The van der Waals surface area contributed by atoms with E-state index in [0.717, 1.165) is 42.4 Å². The second-order valence-corrected chi connectivity index (χ2v) is 14.6. The molecule has 3 saturated carbocycles. The maximum Gasteiger partial charge on any atom is 0.311 e. The first-order valence-corrected chi connectivity index (χ1v) is 19.1. The van der Waals surface area contributed by atoms with Crippen molar-refractivity contribution in [3.05, 3.63) is 156 Å². The lowest BCUT2D eigenvalue weighted by Crippen LogP contribution is -2.52. The van der Waals surface area contributed by atoms with E-state index in [1.165, 1.54) is 0 Å². The van der Waals surface area contributed by atoms with E-state index in [0.29, 0.717) is 46.7 Å². The van der Waals surface area contributed by atoms with Gasteiger partial charge in [-0.1, -0.05) is 103 Å². The van der Waals surface area contributed by atoms with E-state index in [9.17, 15) is 4.79 Å². The number of hydrogen-bond acceptors (Lipinski definition) is 7. The van der Waals surface area contributed by atoms with Gasteiger partial charge in [-0.25, -0.2) is 19.9 Å². The van der Waals surface area contributed by atoms with Gasteiger partial charge in [0.2, 0.25) is 0 Å². The number of fused-ring (bicyclic) bond motifs is 4. The zero-order chi connectivity index (χ0) is 36.6. The molecule has 1 N–H and O–H groups in total. The third-order valence-electron chi connectivity index (χ3n) is 11.3. The third kappa shape index (κ3) is 5.83. The molecule has 7 aromatic rings. The van der Waals surface area contributed by atoms with E-state index in [-0.39, 0.29) is 29.0 Å². The van der Waals surface area contributed by atoms with E-state index in [2.05, 4.69) is 88.9 Å². The molecule has 54 heavy (non-hydrogen) atoms. The van der Waals surface area contributed by atoms with Gasteiger partial charge in [-0.15, -0.1) is 0 Å². The van der Waals surface area contributed by atoms with Crippen molar-refractivity contribution in [1.82, 2.24) is 29.1 Å². The van der Waals surface area contributed by atoms with Crippen molar-refractivity contribution in [3.63, 3.8) is 0 Å². The monoisotopic (exact) mass is 733 g/mol. The predicted octanol–water partition coefficient (Wildman–Crippen LogP) is 8.95. The van der Waals surface area contributed by atoms with Crippen LogP contribution in [0.15, 0.2) is 134 Å². The molecule has 0 saturated heterocycles. The molecular weight excluding hydrogens is 694 g/mol. The number of nitrogens with one attached hydrogen (secondary N) is 1. The lowest BCUT2D eigenvalue weighted by atomic mass is 9.61. The number of aromatic nitrogens is 6. The first-order valence-electron chi connectivity index (χ1n) is 18.7. The Bertz CT molecular complexity index is 2300. The predicted molar refractivity (Wildman–Crippen MR) is 210 cm³/mol. The summed E-state index contributed by atoms with van der Waals surface area (Å²) in [6.07, 6.45) is 11.8. The Morgan fingerprint density at radius 1 is 0.815 bits per heavy atom. The molecule has 4 heterocycles. The van der Waals surface area contributed by atoms with Crippen molar-refractivity contribution in [1.29, 1.82) is 0 Å². The van der Waals surface area contributed by atoms with Crippen molar-refractivity contribution in [2.45, 2.75) is 44.2 Å². The number of anilines is 1. The number of hydrogen-bond donors (Lipinski definition) is 1. The number of ether oxygens (including phenoxy) is 1. The molecule has 3 fully saturated rings. The Kier molecular flexibility index (Phi) is 8.95. The lowest BCUT2D eigenvalue weighted by Gasteiger charge is -2.47. The maximum absolute atomic E-state index is 13.4. The summed E-state index contributed by atoms with van der Waals surface area (Å²) < 4.78 is 9.79. The molecular formula is C44H40ClN7O2. The molecule has 0 amide bonds. The van der Waals surface area contributed by atoms with Crippen molar-refractivity contribution in [2.24, 2.45) is 17.8 Å². The van der Waals surface area contributed by atoms with Crippen LogP contribution in [-0.4, -0.2) is 47.7 Å². The highest BCUT2D eigenvalue weighted by molar-refractivity contribution is 6.29. The molecule has 3 aliphatic rings. The smallest absolute Gasteiger partial charge is 0.311 e.